The van der Waals surface area contributed by atoms with E-state index in [1.54, 1.807) is 30.6 Å². The number of aromatic nitrogens is 1. The summed E-state index contributed by atoms with van der Waals surface area (Å²) in [6, 6.07) is 9.88. The first-order chi connectivity index (χ1) is 8.66. The first-order valence-corrected chi connectivity index (χ1v) is 5.57. The molecule has 1 unspecified atom stereocenters. The quantitative estimate of drug-likeness (QED) is 0.863. The summed E-state index contributed by atoms with van der Waals surface area (Å²) in [6.07, 6.45) is 3.70. The maximum absolute atomic E-state index is 11.3. The second-order valence-electron chi connectivity index (χ2n) is 4.05. The van der Waals surface area contributed by atoms with Gasteiger partial charge in [0.15, 0.2) is 0 Å². The standard InChI is InChI=1S/C14H13NO3/c16-12-5-3-11(4-6-12)13(14(17)18)8-10-2-1-7-15-9-10/h1-7,9,13,16H,8H2,(H,17,18). The summed E-state index contributed by atoms with van der Waals surface area (Å²) in [5, 5.41) is 18.5. The average molecular weight is 243 g/mol. The molecule has 1 atom stereocenters. The van der Waals surface area contributed by atoms with Crippen molar-refractivity contribution >= 4 is 5.97 Å². The van der Waals surface area contributed by atoms with E-state index in [2.05, 4.69) is 4.98 Å². The lowest BCUT2D eigenvalue weighted by atomic mass is 9.93. The molecule has 0 aliphatic carbocycles. The fourth-order valence-corrected chi connectivity index (χ4v) is 1.81. The van der Waals surface area contributed by atoms with Crippen LogP contribution in [-0.2, 0) is 11.2 Å². The van der Waals surface area contributed by atoms with Gasteiger partial charge in [-0.15, -0.1) is 0 Å². The number of aromatic hydroxyl groups is 1. The third kappa shape index (κ3) is 2.85. The van der Waals surface area contributed by atoms with Crippen LogP contribution in [0.4, 0.5) is 0 Å². The van der Waals surface area contributed by atoms with Gasteiger partial charge in [-0.25, -0.2) is 0 Å². The molecule has 1 heterocycles. The van der Waals surface area contributed by atoms with Gasteiger partial charge in [-0.1, -0.05) is 18.2 Å². The van der Waals surface area contributed by atoms with E-state index in [1.165, 1.54) is 12.1 Å². The van der Waals surface area contributed by atoms with Crippen molar-refractivity contribution in [2.45, 2.75) is 12.3 Å². The van der Waals surface area contributed by atoms with Gasteiger partial charge in [0.05, 0.1) is 5.92 Å². The van der Waals surface area contributed by atoms with E-state index < -0.39 is 11.9 Å². The smallest absolute Gasteiger partial charge is 0.311 e. The molecule has 1 aromatic heterocycles. The zero-order valence-electron chi connectivity index (χ0n) is 9.65. The van der Waals surface area contributed by atoms with Crippen LogP contribution in [0.5, 0.6) is 5.75 Å². The molecule has 0 saturated carbocycles. The Morgan fingerprint density at radius 3 is 2.50 bits per heavy atom. The predicted molar refractivity (Wildman–Crippen MR) is 66.4 cm³/mol. The van der Waals surface area contributed by atoms with Crippen molar-refractivity contribution in [3.63, 3.8) is 0 Å². The molecule has 4 heteroatoms. The molecule has 0 fully saturated rings. The van der Waals surface area contributed by atoms with E-state index in [1.807, 2.05) is 6.07 Å². The minimum atomic E-state index is -0.885. The molecule has 0 radical (unpaired) electrons. The molecule has 0 aliphatic rings. The number of carboxylic acid groups (broad SMARTS) is 1. The lowest BCUT2D eigenvalue weighted by molar-refractivity contribution is -0.138. The number of nitrogens with zero attached hydrogens (tertiary/aromatic N) is 1. The van der Waals surface area contributed by atoms with Crippen LogP contribution in [0.1, 0.15) is 17.0 Å². The molecule has 0 amide bonds. The van der Waals surface area contributed by atoms with Crippen LogP contribution in [0.2, 0.25) is 0 Å². The number of phenols is 1. The van der Waals surface area contributed by atoms with Gasteiger partial charge in [0.2, 0.25) is 0 Å². The maximum atomic E-state index is 11.3. The largest absolute Gasteiger partial charge is 0.508 e. The molecule has 2 rings (SSSR count). The molecule has 4 nitrogen and oxygen atoms in total. The molecule has 0 aliphatic heterocycles. The van der Waals surface area contributed by atoms with Crippen molar-refractivity contribution in [1.82, 2.24) is 4.98 Å². The van der Waals surface area contributed by atoms with Crippen LogP contribution < -0.4 is 0 Å². The lowest BCUT2D eigenvalue weighted by Gasteiger charge is -2.12. The molecule has 0 saturated heterocycles. The fourth-order valence-electron chi connectivity index (χ4n) is 1.81. The van der Waals surface area contributed by atoms with Gasteiger partial charge in [-0.3, -0.25) is 9.78 Å². The van der Waals surface area contributed by atoms with Crippen molar-refractivity contribution < 1.29 is 15.0 Å². The summed E-state index contributed by atoms with van der Waals surface area (Å²) in [5.74, 6) is -1.39. The molecule has 1 aromatic carbocycles. The number of rotatable bonds is 4. The van der Waals surface area contributed by atoms with Gasteiger partial charge < -0.3 is 10.2 Å². The van der Waals surface area contributed by atoms with Gasteiger partial charge in [0.1, 0.15) is 5.75 Å². The Bertz CT molecular complexity index is 522. The monoisotopic (exact) mass is 243 g/mol. The van der Waals surface area contributed by atoms with Gasteiger partial charge >= 0.3 is 5.97 Å². The Morgan fingerprint density at radius 2 is 1.94 bits per heavy atom. The third-order valence-electron chi connectivity index (χ3n) is 2.76. The highest BCUT2D eigenvalue weighted by Crippen LogP contribution is 2.23. The normalized spacial score (nSPS) is 12.0. The average Bonchev–Trinajstić information content (AvgIpc) is 2.38. The summed E-state index contributed by atoms with van der Waals surface area (Å²) in [7, 11) is 0. The zero-order valence-corrected chi connectivity index (χ0v) is 9.65. The van der Waals surface area contributed by atoms with Gasteiger partial charge in [-0.05, 0) is 35.7 Å². The molecule has 2 N–H and O–H groups in total. The van der Waals surface area contributed by atoms with Crippen molar-refractivity contribution in [3.05, 3.63) is 59.9 Å². The second-order valence-corrected chi connectivity index (χ2v) is 4.05. The number of hydrogen-bond donors (Lipinski definition) is 2. The van der Waals surface area contributed by atoms with Crippen LogP contribution in [0.3, 0.4) is 0 Å². The van der Waals surface area contributed by atoms with E-state index in [4.69, 9.17) is 0 Å². The van der Waals surface area contributed by atoms with Crippen LogP contribution in [0, 0.1) is 0 Å². The Hall–Kier alpha value is -2.36. The third-order valence-corrected chi connectivity index (χ3v) is 2.76. The predicted octanol–water partition coefficient (Wildman–Crippen LogP) is 2.20. The minimum absolute atomic E-state index is 0.129. The number of carbonyl (C=O) groups is 1. The van der Waals surface area contributed by atoms with E-state index in [0.717, 1.165) is 5.56 Å². The molecular weight excluding hydrogens is 230 g/mol. The lowest BCUT2D eigenvalue weighted by Crippen LogP contribution is -2.14. The van der Waals surface area contributed by atoms with E-state index in [9.17, 15) is 15.0 Å². The summed E-state index contributed by atoms with van der Waals surface area (Å²) >= 11 is 0. The number of benzene rings is 1. The Labute approximate surface area is 105 Å². The number of aliphatic carboxylic acids is 1. The SMILES string of the molecule is O=C(O)C(Cc1cccnc1)c1ccc(O)cc1. The second kappa shape index (κ2) is 5.31. The Kier molecular flexibility index (Phi) is 3.57. The van der Waals surface area contributed by atoms with E-state index in [-0.39, 0.29) is 5.75 Å². The number of hydrogen-bond acceptors (Lipinski definition) is 3. The molecule has 0 spiro atoms. The van der Waals surface area contributed by atoms with Crippen molar-refractivity contribution in [2.75, 3.05) is 0 Å². The zero-order chi connectivity index (χ0) is 13.0. The molecule has 18 heavy (non-hydrogen) atoms. The summed E-state index contributed by atoms with van der Waals surface area (Å²) in [6.45, 7) is 0. The fraction of sp³-hybridized carbons (Fsp3) is 0.143. The first-order valence-electron chi connectivity index (χ1n) is 5.57. The Morgan fingerprint density at radius 1 is 1.22 bits per heavy atom. The molecule has 2 aromatic rings. The number of phenolic OH excluding ortho intramolecular Hbond substituents is 1. The highest BCUT2D eigenvalue weighted by atomic mass is 16.4. The highest BCUT2D eigenvalue weighted by molar-refractivity contribution is 5.76. The van der Waals surface area contributed by atoms with Crippen LogP contribution in [0.15, 0.2) is 48.8 Å². The maximum Gasteiger partial charge on any atom is 0.311 e. The summed E-state index contributed by atoms with van der Waals surface area (Å²) < 4.78 is 0. The first kappa shape index (κ1) is 12.1. The van der Waals surface area contributed by atoms with Crippen molar-refractivity contribution in [2.24, 2.45) is 0 Å². The minimum Gasteiger partial charge on any atom is -0.508 e. The Balaban J connectivity index is 2.24. The number of pyridine rings is 1. The molecule has 92 valence electrons. The van der Waals surface area contributed by atoms with Crippen molar-refractivity contribution in [3.8, 4) is 5.75 Å². The van der Waals surface area contributed by atoms with Crippen LogP contribution in [0.25, 0.3) is 0 Å². The van der Waals surface area contributed by atoms with E-state index in [0.29, 0.717) is 12.0 Å². The summed E-state index contributed by atoms with van der Waals surface area (Å²) in [5.41, 5.74) is 1.54. The molecular formula is C14H13NO3. The van der Waals surface area contributed by atoms with Crippen LogP contribution >= 0.6 is 0 Å². The summed E-state index contributed by atoms with van der Waals surface area (Å²) in [4.78, 5) is 15.3. The van der Waals surface area contributed by atoms with Gasteiger partial charge in [0, 0.05) is 12.4 Å². The van der Waals surface area contributed by atoms with Crippen molar-refractivity contribution in [1.29, 1.82) is 0 Å². The topological polar surface area (TPSA) is 70.4 Å². The highest BCUT2D eigenvalue weighted by Gasteiger charge is 2.20. The van der Waals surface area contributed by atoms with Crippen LogP contribution in [-0.4, -0.2) is 21.2 Å². The number of carboxylic acids is 1. The van der Waals surface area contributed by atoms with E-state index >= 15 is 0 Å². The van der Waals surface area contributed by atoms with Gasteiger partial charge in [0.25, 0.3) is 0 Å². The molecule has 0 bridgehead atoms. The van der Waals surface area contributed by atoms with Gasteiger partial charge in [-0.2, -0.15) is 0 Å².